The molecule has 0 N–H and O–H groups in total. The summed E-state index contributed by atoms with van der Waals surface area (Å²) < 4.78 is 0. The van der Waals surface area contributed by atoms with Crippen LogP contribution >= 0.6 is 11.6 Å². The van der Waals surface area contributed by atoms with Crippen LogP contribution in [-0.4, -0.2) is 22.8 Å². The second-order valence-corrected chi connectivity index (χ2v) is 4.55. The average Bonchev–Trinajstić information content (AvgIpc) is 2.29. The lowest BCUT2D eigenvalue weighted by Gasteiger charge is -2.33. The third-order valence-corrected chi connectivity index (χ3v) is 3.34. The van der Waals surface area contributed by atoms with Gasteiger partial charge in [-0.3, -0.25) is 4.79 Å². The summed E-state index contributed by atoms with van der Waals surface area (Å²) in [6.45, 7) is 2.79. The zero-order chi connectivity index (χ0) is 11.5. The van der Waals surface area contributed by atoms with Crippen molar-refractivity contribution in [1.82, 2.24) is 9.88 Å². The van der Waals surface area contributed by atoms with Gasteiger partial charge in [0.2, 0.25) is 6.41 Å². The van der Waals surface area contributed by atoms with Crippen molar-refractivity contribution in [2.75, 3.05) is 6.54 Å². The number of carbonyl (C=O) groups is 1. The summed E-state index contributed by atoms with van der Waals surface area (Å²) in [5.74, 6) is 0. The molecule has 0 saturated carbocycles. The summed E-state index contributed by atoms with van der Waals surface area (Å²) in [6.07, 6.45) is 4.22. The number of hydrogen-bond acceptors (Lipinski definition) is 2. The molecule has 1 amide bonds. The molecule has 0 aromatic carbocycles. The Kier molecular flexibility index (Phi) is 3.44. The first-order valence-corrected chi connectivity index (χ1v) is 5.94. The van der Waals surface area contributed by atoms with Crippen molar-refractivity contribution in [3.63, 3.8) is 0 Å². The van der Waals surface area contributed by atoms with Crippen LogP contribution in [0.1, 0.15) is 36.6 Å². The van der Waals surface area contributed by atoms with Gasteiger partial charge in [-0.2, -0.15) is 0 Å². The zero-order valence-electron chi connectivity index (χ0n) is 9.32. The van der Waals surface area contributed by atoms with E-state index in [0.29, 0.717) is 5.15 Å². The fraction of sp³-hybridized carbons (Fsp3) is 0.500. The van der Waals surface area contributed by atoms with Gasteiger partial charge in [0, 0.05) is 12.2 Å². The number of hydrogen-bond donors (Lipinski definition) is 0. The van der Waals surface area contributed by atoms with E-state index < -0.39 is 0 Å². The lowest BCUT2D eigenvalue weighted by atomic mass is 9.95. The minimum Gasteiger partial charge on any atom is -0.338 e. The largest absolute Gasteiger partial charge is 0.338 e. The molecule has 1 aliphatic rings. The van der Waals surface area contributed by atoms with Crippen LogP contribution in [0.25, 0.3) is 0 Å². The molecule has 0 bridgehead atoms. The summed E-state index contributed by atoms with van der Waals surface area (Å²) >= 11 is 5.83. The number of amides is 1. The molecular formula is C12H15ClN2O. The van der Waals surface area contributed by atoms with Gasteiger partial charge in [-0.1, -0.05) is 17.7 Å². The molecule has 16 heavy (non-hydrogen) atoms. The Labute approximate surface area is 100 Å². The molecule has 1 aliphatic heterocycles. The van der Waals surface area contributed by atoms with Gasteiger partial charge in [0.1, 0.15) is 5.15 Å². The van der Waals surface area contributed by atoms with Crippen LogP contribution in [0.4, 0.5) is 0 Å². The molecule has 1 aromatic heterocycles. The highest BCUT2D eigenvalue weighted by Gasteiger charge is 2.24. The number of likely N-dealkylation sites (tertiary alicyclic amines) is 1. The van der Waals surface area contributed by atoms with Gasteiger partial charge in [0.25, 0.3) is 0 Å². The highest BCUT2D eigenvalue weighted by atomic mass is 35.5. The number of aromatic nitrogens is 1. The predicted molar refractivity (Wildman–Crippen MR) is 63.3 cm³/mol. The zero-order valence-corrected chi connectivity index (χ0v) is 10.1. The van der Waals surface area contributed by atoms with Crippen LogP contribution in [0.3, 0.4) is 0 Å². The molecule has 1 atom stereocenters. The van der Waals surface area contributed by atoms with Crippen molar-refractivity contribution in [3.8, 4) is 0 Å². The van der Waals surface area contributed by atoms with Gasteiger partial charge in [-0.25, -0.2) is 4.98 Å². The van der Waals surface area contributed by atoms with Crippen LogP contribution in [0, 0.1) is 6.92 Å². The highest BCUT2D eigenvalue weighted by Crippen LogP contribution is 2.31. The third kappa shape index (κ3) is 2.19. The van der Waals surface area contributed by atoms with Crippen molar-refractivity contribution in [3.05, 3.63) is 28.5 Å². The number of nitrogens with zero attached hydrogens (tertiary/aromatic N) is 2. The van der Waals surface area contributed by atoms with Crippen LogP contribution < -0.4 is 0 Å². The summed E-state index contributed by atoms with van der Waals surface area (Å²) in [7, 11) is 0. The van der Waals surface area contributed by atoms with Crippen LogP contribution in [-0.2, 0) is 4.79 Å². The summed E-state index contributed by atoms with van der Waals surface area (Å²) in [5.41, 5.74) is 2.04. The number of pyridine rings is 1. The fourth-order valence-electron chi connectivity index (χ4n) is 2.31. The molecule has 2 rings (SSSR count). The molecule has 1 fully saturated rings. The lowest BCUT2D eigenvalue weighted by Crippen LogP contribution is -2.32. The Morgan fingerprint density at radius 3 is 3.00 bits per heavy atom. The second kappa shape index (κ2) is 4.83. The molecule has 0 unspecified atom stereocenters. The van der Waals surface area contributed by atoms with Gasteiger partial charge in [0.05, 0.1) is 6.04 Å². The molecule has 0 aliphatic carbocycles. The fourth-order valence-corrected chi connectivity index (χ4v) is 2.50. The van der Waals surface area contributed by atoms with Crippen molar-refractivity contribution in [1.29, 1.82) is 0 Å². The van der Waals surface area contributed by atoms with Crippen molar-refractivity contribution < 1.29 is 4.79 Å². The summed E-state index contributed by atoms with van der Waals surface area (Å²) in [4.78, 5) is 17.1. The normalized spacial score (nSPS) is 20.9. The first-order chi connectivity index (χ1) is 7.72. The Morgan fingerprint density at radius 2 is 2.31 bits per heavy atom. The Morgan fingerprint density at radius 1 is 1.50 bits per heavy atom. The van der Waals surface area contributed by atoms with Crippen LogP contribution in [0.5, 0.6) is 0 Å². The van der Waals surface area contributed by atoms with E-state index in [1.807, 2.05) is 17.9 Å². The van der Waals surface area contributed by atoms with E-state index in [1.54, 1.807) is 6.07 Å². The molecule has 2 heterocycles. The van der Waals surface area contributed by atoms with E-state index in [-0.39, 0.29) is 6.04 Å². The third-order valence-electron chi connectivity index (χ3n) is 3.13. The highest BCUT2D eigenvalue weighted by molar-refractivity contribution is 6.29. The SMILES string of the molecule is Cc1nc(Cl)ccc1[C@@H]1CCCCN1C=O. The van der Waals surface area contributed by atoms with Crippen molar-refractivity contribution in [2.24, 2.45) is 0 Å². The number of halogens is 1. The van der Waals surface area contributed by atoms with Gasteiger partial charge >= 0.3 is 0 Å². The Balaban J connectivity index is 2.30. The lowest BCUT2D eigenvalue weighted by molar-refractivity contribution is -0.121. The molecule has 1 aromatic rings. The monoisotopic (exact) mass is 238 g/mol. The molecule has 3 nitrogen and oxygen atoms in total. The van der Waals surface area contributed by atoms with Gasteiger partial charge in [-0.15, -0.1) is 0 Å². The maximum atomic E-state index is 11.0. The number of carbonyl (C=O) groups excluding carboxylic acids is 1. The van der Waals surface area contributed by atoms with Gasteiger partial charge in [0.15, 0.2) is 0 Å². The predicted octanol–water partition coefficient (Wildman–Crippen LogP) is 2.73. The van der Waals surface area contributed by atoms with E-state index in [9.17, 15) is 4.79 Å². The van der Waals surface area contributed by atoms with Crippen LogP contribution in [0.2, 0.25) is 5.15 Å². The van der Waals surface area contributed by atoms with Gasteiger partial charge in [-0.05, 0) is 37.8 Å². The minimum absolute atomic E-state index is 0.177. The van der Waals surface area contributed by atoms with E-state index >= 15 is 0 Å². The Bertz CT molecular complexity index is 395. The smallest absolute Gasteiger partial charge is 0.210 e. The number of piperidine rings is 1. The van der Waals surface area contributed by atoms with Crippen molar-refractivity contribution in [2.45, 2.75) is 32.2 Å². The van der Waals surface area contributed by atoms with Gasteiger partial charge < -0.3 is 4.90 Å². The number of rotatable bonds is 2. The van der Waals surface area contributed by atoms with Crippen molar-refractivity contribution >= 4 is 18.0 Å². The quantitative estimate of drug-likeness (QED) is 0.586. The van der Waals surface area contributed by atoms with E-state index in [2.05, 4.69) is 4.98 Å². The molecule has 4 heteroatoms. The number of aryl methyl sites for hydroxylation is 1. The molecule has 0 spiro atoms. The van der Waals surface area contributed by atoms with Crippen LogP contribution in [0.15, 0.2) is 12.1 Å². The Hall–Kier alpha value is -1.09. The average molecular weight is 239 g/mol. The van der Waals surface area contributed by atoms with E-state index in [1.165, 1.54) is 0 Å². The minimum atomic E-state index is 0.177. The second-order valence-electron chi connectivity index (χ2n) is 4.16. The van der Waals surface area contributed by atoms with E-state index in [4.69, 9.17) is 11.6 Å². The molecule has 0 radical (unpaired) electrons. The van der Waals surface area contributed by atoms with E-state index in [0.717, 1.165) is 43.5 Å². The first-order valence-electron chi connectivity index (χ1n) is 5.56. The maximum Gasteiger partial charge on any atom is 0.210 e. The summed E-state index contributed by atoms with van der Waals surface area (Å²) in [6, 6.07) is 3.95. The molecule has 1 saturated heterocycles. The molecular weight excluding hydrogens is 224 g/mol. The maximum absolute atomic E-state index is 11.0. The standard InChI is InChI=1S/C12H15ClN2O/c1-9-10(5-6-12(13)14-9)11-4-2-3-7-15(11)8-16/h5-6,8,11H,2-4,7H2,1H3/t11-/m0/s1. The first kappa shape index (κ1) is 11.4. The summed E-state index contributed by atoms with van der Waals surface area (Å²) in [5, 5.41) is 0.509. The molecule has 86 valence electrons. The topological polar surface area (TPSA) is 33.2 Å².